The van der Waals surface area contributed by atoms with Gasteiger partial charge in [0, 0.05) is 44.4 Å². The third-order valence-corrected chi connectivity index (χ3v) is 8.85. The Morgan fingerprint density at radius 3 is 2.39 bits per heavy atom. The second-order valence-electron chi connectivity index (χ2n) is 10.7. The number of ketones is 1. The number of likely N-dealkylation sites (tertiary alicyclic amines) is 2. The molecule has 1 unspecified atom stereocenters. The summed E-state index contributed by atoms with van der Waals surface area (Å²) in [5, 5.41) is 3.56. The molecule has 1 N–H and O–H groups in total. The molecule has 0 aromatic heterocycles. The maximum atomic E-state index is 13.6. The molecule has 0 saturated carbocycles. The Morgan fingerprint density at radius 1 is 1.03 bits per heavy atom. The number of ether oxygens (including phenoxy) is 1. The van der Waals surface area contributed by atoms with Crippen molar-refractivity contribution < 1.29 is 14.3 Å². The van der Waals surface area contributed by atoms with Crippen LogP contribution in [0.25, 0.3) is 0 Å². The van der Waals surface area contributed by atoms with Gasteiger partial charge in [0.2, 0.25) is 5.91 Å². The quantitative estimate of drug-likeness (QED) is 0.610. The van der Waals surface area contributed by atoms with Crippen LogP contribution in [0.1, 0.15) is 49.7 Å². The number of methoxy groups -OCH3 is 1. The Hall–Kier alpha value is -2.70. The van der Waals surface area contributed by atoms with E-state index in [0.717, 1.165) is 63.3 Å². The molecule has 3 aliphatic heterocycles. The van der Waals surface area contributed by atoms with Crippen LogP contribution in [0.15, 0.2) is 54.6 Å². The van der Waals surface area contributed by atoms with Gasteiger partial charge in [0.05, 0.1) is 18.6 Å². The number of rotatable bonds is 8. The van der Waals surface area contributed by atoms with E-state index >= 15 is 0 Å². The number of Topliss-reactive ketones (excluding diaryl/α,β-unsaturated/α-hetero) is 1. The largest absolute Gasteiger partial charge is 0.497 e. The molecule has 0 aliphatic carbocycles. The minimum Gasteiger partial charge on any atom is -0.497 e. The normalized spacial score (nSPS) is 24.8. The molecule has 3 heterocycles. The summed E-state index contributed by atoms with van der Waals surface area (Å²) in [6, 6.07) is 18.5. The van der Waals surface area contributed by atoms with E-state index in [2.05, 4.69) is 40.5 Å². The van der Waals surface area contributed by atoms with Crippen LogP contribution in [-0.2, 0) is 16.1 Å². The summed E-state index contributed by atoms with van der Waals surface area (Å²) >= 11 is 0. The molecular weight excluding hydrogens is 450 g/mol. The average Bonchev–Trinajstić information content (AvgIpc) is 3.52. The lowest BCUT2D eigenvalue weighted by Gasteiger charge is -2.43. The number of benzene rings is 2. The third-order valence-electron chi connectivity index (χ3n) is 8.85. The lowest BCUT2D eigenvalue weighted by atomic mass is 9.75. The fraction of sp³-hybridized carbons (Fsp3) is 0.533. The van der Waals surface area contributed by atoms with Crippen LogP contribution >= 0.6 is 0 Å². The van der Waals surface area contributed by atoms with Gasteiger partial charge in [-0.1, -0.05) is 49.4 Å². The van der Waals surface area contributed by atoms with Crippen molar-refractivity contribution in [1.82, 2.24) is 15.1 Å². The summed E-state index contributed by atoms with van der Waals surface area (Å²) in [6.07, 6.45) is 3.15. The van der Waals surface area contributed by atoms with E-state index in [1.807, 2.05) is 36.1 Å². The molecule has 5 rings (SSSR count). The summed E-state index contributed by atoms with van der Waals surface area (Å²) in [6.45, 7) is 6.86. The van der Waals surface area contributed by atoms with Crippen molar-refractivity contribution in [3.05, 3.63) is 65.7 Å². The minimum atomic E-state index is -0.268. The van der Waals surface area contributed by atoms with Crippen molar-refractivity contribution >= 4 is 11.7 Å². The van der Waals surface area contributed by atoms with Crippen LogP contribution in [0.5, 0.6) is 5.75 Å². The third kappa shape index (κ3) is 4.81. The number of hydrogen-bond donors (Lipinski definition) is 1. The Balaban J connectivity index is 1.26. The predicted octanol–water partition coefficient (Wildman–Crippen LogP) is 3.86. The van der Waals surface area contributed by atoms with Gasteiger partial charge in [0.25, 0.3) is 0 Å². The molecule has 3 saturated heterocycles. The highest BCUT2D eigenvalue weighted by molar-refractivity contribution is 5.86. The molecular formula is C30H39N3O3. The Bertz CT molecular complexity index is 1050. The van der Waals surface area contributed by atoms with E-state index in [-0.39, 0.29) is 17.4 Å². The van der Waals surface area contributed by atoms with Gasteiger partial charge in [-0.3, -0.25) is 14.5 Å². The molecule has 0 radical (unpaired) electrons. The van der Waals surface area contributed by atoms with Crippen molar-refractivity contribution in [1.29, 1.82) is 0 Å². The van der Waals surface area contributed by atoms with E-state index in [1.54, 1.807) is 7.11 Å². The topological polar surface area (TPSA) is 61.9 Å². The van der Waals surface area contributed by atoms with Crippen LogP contribution in [0.2, 0.25) is 0 Å². The monoisotopic (exact) mass is 489 g/mol. The van der Waals surface area contributed by atoms with Gasteiger partial charge in [-0.2, -0.15) is 0 Å². The van der Waals surface area contributed by atoms with Crippen LogP contribution in [0, 0.1) is 11.3 Å². The Morgan fingerprint density at radius 2 is 1.72 bits per heavy atom. The van der Waals surface area contributed by atoms with E-state index in [0.29, 0.717) is 30.6 Å². The molecule has 6 heteroatoms. The first-order chi connectivity index (χ1) is 17.5. The van der Waals surface area contributed by atoms with E-state index in [1.165, 1.54) is 5.56 Å². The number of hydrogen-bond acceptors (Lipinski definition) is 5. The van der Waals surface area contributed by atoms with Crippen molar-refractivity contribution in [3.63, 3.8) is 0 Å². The number of carbonyl (C=O) groups excluding carboxylic acids is 2. The molecule has 1 amide bonds. The lowest BCUT2D eigenvalue weighted by molar-refractivity contribution is -0.140. The van der Waals surface area contributed by atoms with Gasteiger partial charge >= 0.3 is 0 Å². The zero-order chi connectivity index (χ0) is 25.1. The molecule has 3 atom stereocenters. The van der Waals surface area contributed by atoms with Gasteiger partial charge in [-0.05, 0) is 55.6 Å². The Labute approximate surface area is 215 Å². The summed E-state index contributed by atoms with van der Waals surface area (Å²) in [4.78, 5) is 31.3. The zero-order valence-corrected chi connectivity index (χ0v) is 21.6. The summed E-state index contributed by atoms with van der Waals surface area (Å²) in [5.74, 6) is 2.06. The van der Waals surface area contributed by atoms with Gasteiger partial charge in [0.1, 0.15) is 11.5 Å². The summed E-state index contributed by atoms with van der Waals surface area (Å²) in [5.41, 5.74) is 2.18. The summed E-state index contributed by atoms with van der Waals surface area (Å²) < 4.78 is 5.26. The van der Waals surface area contributed by atoms with Crippen LogP contribution < -0.4 is 10.1 Å². The van der Waals surface area contributed by atoms with Crippen LogP contribution in [-0.4, -0.2) is 67.4 Å². The maximum absolute atomic E-state index is 13.6. The molecule has 6 nitrogen and oxygen atoms in total. The second kappa shape index (κ2) is 10.7. The fourth-order valence-corrected chi connectivity index (χ4v) is 6.71. The molecule has 192 valence electrons. The fourth-order valence-electron chi connectivity index (χ4n) is 6.71. The zero-order valence-electron chi connectivity index (χ0n) is 21.6. The van der Waals surface area contributed by atoms with Gasteiger partial charge in [-0.25, -0.2) is 0 Å². The van der Waals surface area contributed by atoms with Crippen molar-refractivity contribution in [2.24, 2.45) is 11.3 Å². The second-order valence-corrected chi connectivity index (χ2v) is 10.7. The smallest absolute Gasteiger partial charge is 0.229 e. The molecule has 1 spiro atoms. The van der Waals surface area contributed by atoms with Gasteiger partial charge < -0.3 is 15.0 Å². The standard InChI is InChI=1S/C30H39N3O3/c1-3-27(34)28(26-20-31-19-25(26)23-7-5-4-6-8-23)32-16-13-30(14-17-32)15-18-33(29(30)35)21-22-9-11-24(36-2)12-10-22/h4-12,25-26,28,31H,3,13-21H2,1-2H3/t25-,26-,28?/m1/s1. The van der Waals surface area contributed by atoms with E-state index in [4.69, 9.17) is 4.74 Å². The molecule has 2 aromatic rings. The van der Waals surface area contributed by atoms with Crippen LogP contribution in [0.4, 0.5) is 0 Å². The number of carbonyl (C=O) groups is 2. The maximum Gasteiger partial charge on any atom is 0.229 e. The van der Waals surface area contributed by atoms with E-state index in [9.17, 15) is 9.59 Å². The first-order valence-corrected chi connectivity index (χ1v) is 13.5. The van der Waals surface area contributed by atoms with Gasteiger partial charge in [0.15, 0.2) is 0 Å². The number of nitrogens with one attached hydrogen (secondary N) is 1. The number of nitrogens with zero attached hydrogens (tertiary/aromatic N) is 2. The van der Waals surface area contributed by atoms with Crippen molar-refractivity contribution in [2.75, 3.05) is 39.8 Å². The number of piperidine rings is 1. The molecule has 3 aliphatic rings. The molecule has 0 bridgehead atoms. The van der Waals surface area contributed by atoms with Crippen molar-refractivity contribution in [2.45, 2.75) is 51.1 Å². The van der Waals surface area contributed by atoms with E-state index < -0.39 is 0 Å². The lowest BCUT2D eigenvalue weighted by Crippen LogP contribution is -2.54. The first kappa shape index (κ1) is 25.0. The molecule has 2 aromatic carbocycles. The first-order valence-electron chi connectivity index (χ1n) is 13.5. The summed E-state index contributed by atoms with van der Waals surface area (Å²) in [7, 11) is 1.67. The highest BCUT2D eigenvalue weighted by atomic mass is 16.5. The minimum absolute atomic E-state index is 0.0838. The van der Waals surface area contributed by atoms with Crippen LogP contribution in [0.3, 0.4) is 0 Å². The highest BCUT2D eigenvalue weighted by Gasteiger charge is 2.50. The number of amides is 1. The predicted molar refractivity (Wildman–Crippen MR) is 141 cm³/mol. The Kier molecular flexibility index (Phi) is 7.44. The molecule has 36 heavy (non-hydrogen) atoms. The average molecular weight is 490 g/mol. The highest BCUT2D eigenvalue weighted by Crippen LogP contribution is 2.44. The molecule has 3 fully saturated rings. The SMILES string of the molecule is CCC(=O)C([C@@H]1CNC[C@@H]1c1ccccc1)N1CCC2(CCN(Cc3ccc(OC)cc3)C2=O)CC1. The van der Waals surface area contributed by atoms with Gasteiger partial charge in [-0.15, -0.1) is 0 Å². The van der Waals surface area contributed by atoms with Crippen molar-refractivity contribution in [3.8, 4) is 5.75 Å².